The molecule has 0 bridgehead atoms. The number of para-hydroxylation sites is 1. The van der Waals surface area contributed by atoms with E-state index in [2.05, 4.69) is 5.32 Å². The molecule has 0 radical (unpaired) electrons. The summed E-state index contributed by atoms with van der Waals surface area (Å²) >= 11 is 0. The summed E-state index contributed by atoms with van der Waals surface area (Å²) in [5, 5.41) is 12.6. The van der Waals surface area contributed by atoms with E-state index in [1.165, 1.54) is 7.11 Å². The second-order valence-electron chi connectivity index (χ2n) is 6.29. The van der Waals surface area contributed by atoms with Crippen LogP contribution >= 0.6 is 0 Å². The molecular weight excluding hydrogens is 344 g/mol. The lowest BCUT2D eigenvalue weighted by atomic mass is 10.0. The quantitative estimate of drug-likeness (QED) is 0.683. The summed E-state index contributed by atoms with van der Waals surface area (Å²) in [6.45, 7) is 1.63. The maximum Gasteiger partial charge on any atom is 0.220 e. The van der Waals surface area contributed by atoms with Gasteiger partial charge in [0, 0.05) is 32.5 Å². The number of amides is 1. The number of aliphatic hydroxyl groups excluding tert-OH is 1. The van der Waals surface area contributed by atoms with Gasteiger partial charge in [0.05, 0.1) is 19.0 Å². The van der Waals surface area contributed by atoms with Crippen LogP contribution in [0.3, 0.4) is 0 Å². The molecule has 0 saturated carbocycles. The molecule has 1 aromatic carbocycles. The molecule has 0 spiro atoms. The van der Waals surface area contributed by atoms with E-state index in [1.54, 1.807) is 31.3 Å². The molecule has 0 aliphatic carbocycles. The minimum absolute atomic E-state index is 0.0140. The predicted molar refractivity (Wildman–Crippen MR) is 94.3 cm³/mol. The van der Waals surface area contributed by atoms with E-state index in [4.69, 9.17) is 4.74 Å². The van der Waals surface area contributed by atoms with Crippen LogP contribution in [0.2, 0.25) is 0 Å². The van der Waals surface area contributed by atoms with Gasteiger partial charge in [0.15, 0.2) is 9.84 Å². The zero-order valence-corrected chi connectivity index (χ0v) is 15.5. The van der Waals surface area contributed by atoms with E-state index in [9.17, 15) is 18.3 Å². The normalized spacial score (nSPS) is 21.2. The van der Waals surface area contributed by atoms with E-state index < -0.39 is 15.9 Å². The van der Waals surface area contributed by atoms with Gasteiger partial charge >= 0.3 is 0 Å². The van der Waals surface area contributed by atoms with Crippen molar-refractivity contribution in [2.24, 2.45) is 5.92 Å². The molecule has 2 atom stereocenters. The van der Waals surface area contributed by atoms with Crippen LogP contribution in [-0.2, 0) is 14.6 Å². The van der Waals surface area contributed by atoms with E-state index >= 15 is 0 Å². The third-order valence-corrected chi connectivity index (χ3v) is 6.33. The van der Waals surface area contributed by atoms with Crippen molar-refractivity contribution in [3.05, 3.63) is 24.3 Å². The number of nitrogens with zero attached hydrogens (tertiary/aromatic N) is 1. The monoisotopic (exact) mass is 370 g/mol. The Morgan fingerprint density at radius 2 is 2.08 bits per heavy atom. The third kappa shape index (κ3) is 5.17. The molecule has 1 aliphatic rings. The third-order valence-electron chi connectivity index (χ3n) is 4.50. The average Bonchev–Trinajstić information content (AvgIpc) is 2.94. The van der Waals surface area contributed by atoms with Crippen LogP contribution in [0.5, 0.6) is 5.75 Å². The molecule has 2 N–H and O–H groups in total. The van der Waals surface area contributed by atoms with E-state index in [-0.39, 0.29) is 28.9 Å². The Balaban J connectivity index is 1.87. The number of nitrogens with one attached hydrogen (secondary N) is 1. The molecule has 0 aromatic heterocycles. The Kier molecular flexibility index (Phi) is 6.80. The first kappa shape index (κ1) is 19.7. The maximum atomic E-state index is 12.5. The molecule has 1 aliphatic heterocycles. The van der Waals surface area contributed by atoms with Crippen LogP contribution in [0.25, 0.3) is 0 Å². The summed E-state index contributed by atoms with van der Waals surface area (Å²) in [4.78, 5) is 13.7. The van der Waals surface area contributed by atoms with Gasteiger partial charge in [-0.15, -0.1) is 0 Å². The highest BCUT2D eigenvalue weighted by Gasteiger charge is 2.32. The van der Waals surface area contributed by atoms with E-state index in [0.29, 0.717) is 31.8 Å². The van der Waals surface area contributed by atoms with Gasteiger partial charge in [-0.25, -0.2) is 8.42 Å². The number of ether oxygens (including phenoxy) is 1. The lowest BCUT2D eigenvalue weighted by molar-refractivity contribution is -0.122. The number of carbonyl (C=O) groups excluding carboxylic acids is 1. The maximum absolute atomic E-state index is 12.5. The first-order chi connectivity index (χ1) is 11.9. The van der Waals surface area contributed by atoms with Crippen molar-refractivity contribution in [1.82, 2.24) is 10.2 Å². The fourth-order valence-electron chi connectivity index (χ4n) is 3.13. The molecule has 7 nitrogen and oxygen atoms in total. The smallest absolute Gasteiger partial charge is 0.220 e. The molecule has 140 valence electrons. The first-order valence-corrected chi connectivity index (χ1v) is 9.99. The molecule has 1 saturated heterocycles. The largest absolute Gasteiger partial charge is 0.495 e. The second kappa shape index (κ2) is 8.64. The SMILES string of the molecule is CNC(=O)C[C@@H]1CN(CCCS(=O)(=O)c2ccccc2OC)C[C@H]1O. The lowest BCUT2D eigenvalue weighted by Crippen LogP contribution is -2.27. The highest BCUT2D eigenvalue weighted by Crippen LogP contribution is 2.25. The number of hydrogen-bond donors (Lipinski definition) is 2. The highest BCUT2D eigenvalue weighted by molar-refractivity contribution is 7.91. The molecule has 25 heavy (non-hydrogen) atoms. The number of β-amino-alcohol motifs (C(OH)–C–C–N with tert-alkyl or cyclic N) is 1. The van der Waals surface area contributed by atoms with Crippen molar-refractivity contribution in [1.29, 1.82) is 0 Å². The van der Waals surface area contributed by atoms with Crippen LogP contribution in [0.4, 0.5) is 0 Å². The fourth-order valence-corrected chi connectivity index (χ4v) is 4.60. The number of hydrogen-bond acceptors (Lipinski definition) is 6. The molecule has 1 heterocycles. The Bertz CT molecular complexity index is 692. The highest BCUT2D eigenvalue weighted by atomic mass is 32.2. The average molecular weight is 370 g/mol. The molecule has 1 aromatic rings. The van der Waals surface area contributed by atoms with Crippen LogP contribution in [0, 0.1) is 5.92 Å². The molecule has 1 fully saturated rings. The molecule has 1 amide bonds. The molecule has 2 rings (SSSR count). The van der Waals surface area contributed by atoms with Crippen molar-refractivity contribution in [3.63, 3.8) is 0 Å². The Morgan fingerprint density at radius 1 is 1.36 bits per heavy atom. The number of sulfone groups is 1. The van der Waals surface area contributed by atoms with Crippen LogP contribution in [-0.4, -0.2) is 70.0 Å². The summed E-state index contributed by atoms with van der Waals surface area (Å²) < 4.78 is 30.1. The van der Waals surface area contributed by atoms with Gasteiger partial charge in [-0.05, 0) is 25.1 Å². The summed E-state index contributed by atoms with van der Waals surface area (Å²) in [6, 6.07) is 6.59. The van der Waals surface area contributed by atoms with Crippen LogP contribution in [0.1, 0.15) is 12.8 Å². The summed E-state index contributed by atoms with van der Waals surface area (Å²) in [5.41, 5.74) is 0. The Hall–Kier alpha value is -1.64. The predicted octanol–water partition coefficient (Wildman–Crippen LogP) is 0.288. The minimum Gasteiger partial charge on any atom is -0.495 e. The van der Waals surface area contributed by atoms with E-state index in [0.717, 1.165) is 0 Å². The molecule has 8 heteroatoms. The van der Waals surface area contributed by atoms with Gasteiger partial charge < -0.3 is 20.1 Å². The van der Waals surface area contributed by atoms with Crippen molar-refractivity contribution >= 4 is 15.7 Å². The number of rotatable bonds is 8. The van der Waals surface area contributed by atoms with Crippen LogP contribution < -0.4 is 10.1 Å². The standard InChI is InChI=1S/C17H26N2O5S/c1-18-17(21)10-13-11-19(12-14(13)20)8-5-9-25(22,23)16-7-4-3-6-15(16)24-2/h3-4,6-7,13-14,20H,5,8-12H2,1-2H3,(H,18,21)/t13-,14-/m1/s1. The van der Waals surface area contributed by atoms with Crippen molar-refractivity contribution in [2.45, 2.75) is 23.8 Å². The van der Waals surface area contributed by atoms with Gasteiger partial charge in [0.2, 0.25) is 5.91 Å². The first-order valence-electron chi connectivity index (χ1n) is 8.34. The minimum atomic E-state index is -3.42. The molecule has 0 unspecified atom stereocenters. The lowest BCUT2D eigenvalue weighted by Gasteiger charge is -2.15. The zero-order chi connectivity index (χ0) is 18.4. The number of benzene rings is 1. The Morgan fingerprint density at radius 3 is 2.76 bits per heavy atom. The van der Waals surface area contributed by atoms with Gasteiger partial charge in [-0.1, -0.05) is 12.1 Å². The van der Waals surface area contributed by atoms with Gasteiger partial charge in [0.25, 0.3) is 0 Å². The van der Waals surface area contributed by atoms with Gasteiger partial charge in [-0.3, -0.25) is 4.79 Å². The number of likely N-dealkylation sites (tertiary alicyclic amines) is 1. The summed E-state index contributed by atoms with van der Waals surface area (Å²) in [6.07, 6.45) is 0.191. The van der Waals surface area contributed by atoms with Crippen molar-refractivity contribution in [2.75, 3.05) is 39.5 Å². The Labute approximate surface area is 148 Å². The van der Waals surface area contributed by atoms with Crippen molar-refractivity contribution < 1.29 is 23.1 Å². The van der Waals surface area contributed by atoms with Gasteiger partial charge in [-0.2, -0.15) is 0 Å². The summed E-state index contributed by atoms with van der Waals surface area (Å²) in [5.74, 6) is 0.167. The van der Waals surface area contributed by atoms with Crippen LogP contribution in [0.15, 0.2) is 29.2 Å². The summed E-state index contributed by atoms with van der Waals surface area (Å²) in [7, 11) is -0.399. The number of carbonyl (C=O) groups is 1. The van der Waals surface area contributed by atoms with Crippen molar-refractivity contribution in [3.8, 4) is 5.75 Å². The zero-order valence-electron chi connectivity index (χ0n) is 14.6. The number of aliphatic hydroxyl groups is 1. The van der Waals surface area contributed by atoms with Gasteiger partial charge in [0.1, 0.15) is 10.6 Å². The number of methoxy groups -OCH3 is 1. The van der Waals surface area contributed by atoms with E-state index in [1.807, 2.05) is 4.90 Å². The topological polar surface area (TPSA) is 95.9 Å². The second-order valence-corrected chi connectivity index (χ2v) is 8.37. The fraction of sp³-hybridized carbons (Fsp3) is 0.588. The molecular formula is C17H26N2O5S.